The van der Waals surface area contributed by atoms with Gasteiger partial charge in [-0.2, -0.15) is 4.57 Å². The number of rotatable bonds is 5. The van der Waals surface area contributed by atoms with Crippen LogP contribution in [0.5, 0.6) is 5.75 Å². The highest BCUT2D eigenvalue weighted by atomic mass is 32.2. The summed E-state index contributed by atoms with van der Waals surface area (Å²) in [4.78, 5) is 16.1. The third kappa shape index (κ3) is 3.10. The number of aromatic nitrogens is 1. The van der Waals surface area contributed by atoms with Crippen molar-refractivity contribution in [3.63, 3.8) is 0 Å². The van der Waals surface area contributed by atoms with Crippen molar-refractivity contribution < 1.29 is 18.5 Å². The van der Waals surface area contributed by atoms with E-state index in [1.807, 2.05) is 66.9 Å². The van der Waals surface area contributed by atoms with Crippen LogP contribution in [0.1, 0.15) is 19.7 Å². The largest absolute Gasteiger partial charge is 0.439 e. The maximum absolute atomic E-state index is 13.1. The molecule has 0 spiro atoms. The molecule has 0 unspecified atom stereocenters. The lowest BCUT2D eigenvalue weighted by atomic mass is 9.89. The van der Waals surface area contributed by atoms with Crippen LogP contribution in [-0.4, -0.2) is 18.6 Å². The molecule has 0 radical (unpaired) electrons. The monoisotopic (exact) mass is 431 g/mol. The van der Waals surface area contributed by atoms with Gasteiger partial charge in [0, 0.05) is 34.7 Å². The van der Waals surface area contributed by atoms with E-state index in [-0.39, 0.29) is 5.78 Å². The quantitative estimate of drug-likeness (QED) is 0.416. The first-order valence-electron chi connectivity index (χ1n) is 10.4. The van der Waals surface area contributed by atoms with Crippen molar-refractivity contribution in [2.24, 2.45) is 0 Å². The fourth-order valence-electron chi connectivity index (χ4n) is 4.14. The smallest absolute Gasteiger partial charge is 0.374 e. The van der Waals surface area contributed by atoms with Crippen molar-refractivity contribution >= 4 is 40.4 Å². The average molecular weight is 432 g/mol. The summed E-state index contributed by atoms with van der Waals surface area (Å²) in [5.41, 5.74) is 4.22. The second-order valence-corrected chi connectivity index (χ2v) is 8.10. The van der Waals surface area contributed by atoms with Crippen LogP contribution in [-0.2, 0) is 11.3 Å². The molecule has 2 aliphatic rings. The number of nitrogens with zero attached hydrogens (tertiary/aromatic N) is 2. The molecule has 0 fully saturated rings. The van der Waals surface area contributed by atoms with Gasteiger partial charge in [0.25, 0.3) is 5.52 Å². The van der Waals surface area contributed by atoms with Crippen molar-refractivity contribution in [2.75, 3.05) is 17.7 Å². The summed E-state index contributed by atoms with van der Waals surface area (Å²) in [5.74, 6) is 2.20. The van der Waals surface area contributed by atoms with Gasteiger partial charge in [-0.25, -0.2) is 0 Å². The van der Waals surface area contributed by atoms with E-state index in [9.17, 15) is 4.79 Å². The van der Waals surface area contributed by atoms with Gasteiger partial charge < -0.3 is 14.1 Å². The summed E-state index contributed by atoms with van der Waals surface area (Å²) in [5, 5.41) is 0. The highest BCUT2D eigenvalue weighted by molar-refractivity contribution is 8.02. The van der Waals surface area contributed by atoms with Crippen LogP contribution < -0.4 is 14.2 Å². The highest BCUT2D eigenvalue weighted by Crippen LogP contribution is 2.43. The van der Waals surface area contributed by atoms with E-state index in [0.29, 0.717) is 22.9 Å². The number of para-hydroxylation sites is 4. The predicted molar refractivity (Wildman–Crippen MR) is 124 cm³/mol. The fourth-order valence-corrected chi connectivity index (χ4v) is 4.88. The number of ketones is 1. The number of hydrogen-bond donors (Lipinski definition) is 0. The van der Waals surface area contributed by atoms with Crippen LogP contribution in [0.2, 0.25) is 0 Å². The van der Waals surface area contributed by atoms with Gasteiger partial charge in [0.1, 0.15) is 6.54 Å². The third-order valence-electron chi connectivity index (χ3n) is 5.62. The zero-order valence-corrected chi connectivity index (χ0v) is 18.5. The number of hydrogen-bond acceptors (Lipinski definition) is 5. The minimum atomic E-state index is 0.00979. The van der Waals surface area contributed by atoms with Crippen molar-refractivity contribution in [3.8, 4) is 5.75 Å². The van der Waals surface area contributed by atoms with Crippen molar-refractivity contribution in [1.82, 2.24) is 0 Å². The first kappa shape index (κ1) is 19.7. The Morgan fingerprint density at radius 1 is 1.06 bits per heavy atom. The van der Waals surface area contributed by atoms with Gasteiger partial charge in [0.15, 0.2) is 11.5 Å². The Morgan fingerprint density at radius 3 is 2.61 bits per heavy atom. The minimum Gasteiger partial charge on any atom is -0.439 e. The van der Waals surface area contributed by atoms with Crippen LogP contribution in [0.3, 0.4) is 0 Å². The van der Waals surface area contributed by atoms with Gasteiger partial charge in [-0.1, -0.05) is 24.3 Å². The zero-order chi connectivity index (χ0) is 21.5. The molecule has 2 heterocycles. The lowest BCUT2D eigenvalue weighted by Gasteiger charge is -2.23. The summed E-state index contributed by atoms with van der Waals surface area (Å²) in [6.45, 7) is 5.67. The van der Waals surface area contributed by atoms with E-state index in [1.165, 1.54) is 0 Å². The number of anilines is 1. The summed E-state index contributed by atoms with van der Waals surface area (Å²) in [7, 11) is 0. The van der Waals surface area contributed by atoms with E-state index >= 15 is 0 Å². The molecule has 3 aromatic rings. The Balaban J connectivity index is 1.54. The molecule has 156 valence electrons. The Bertz CT molecular complexity index is 1300. The maximum atomic E-state index is 13.1. The number of carbonyl (C=O) groups excluding carboxylic acids is 1. The van der Waals surface area contributed by atoms with Crippen molar-refractivity contribution in [2.45, 2.75) is 20.4 Å². The van der Waals surface area contributed by atoms with E-state index < -0.39 is 0 Å². The zero-order valence-electron chi connectivity index (χ0n) is 17.7. The van der Waals surface area contributed by atoms with Gasteiger partial charge in [-0.05, 0) is 38.3 Å². The summed E-state index contributed by atoms with van der Waals surface area (Å²) in [6, 6.07) is 15.8. The normalized spacial score (nSPS) is 18.2. The van der Waals surface area contributed by atoms with Gasteiger partial charge in [-0.15, -0.1) is 11.8 Å². The number of carbonyl (C=O) groups is 1. The molecule has 0 N–H and O–H groups in total. The molecule has 1 aromatic heterocycles. The highest BCUT2D eigenvalue weighted by Gasteiger charge is 2.36. The van der Waals surface area contributed by atoms with E-state index in [2.05, 4.69) is 23.3 Å². The standard InChI is InChI=1S/C25H23N2O3S/c1-4-26-18-10-6-8-12-20(18)29-22(26)14-16-24(28)17(25(16)31-3)15-23-27(5-2)19-11-7-9-13-21(19)30-23/h6-15H,4-5H2,1-3H3/q+1. The molecule has 0 bridgehead atoms. The lowest BCUT2D eigenvalue weighted by Crippen LogP contribution is -2.34. The first-order chi connectivity index (χ1) is 15.2. The van der Waals surface area contributed by atoms with Crippen LogP contribution in [0.4, 0.5) is 5.69 Å². The van der Waals surface area contributed by atoms with Gasteiger partial charge in [0.05, 0.1) is 11.8 Å². The minimum absolute atomic E-state index is 0.00979. The topological polar surface area (TPSA) is 46.6 Å². The maximum Gasteiger partial charge on any atom is 0.374 e. The molecule has 0 amide bonds. The number of benzene rings is 2. The van der Waals surface area contributed by atoms with Crippen LogP contribution in [0.15, 0.2) is 81.0 Å². The molecule has 1 aliphatic carbocycles. The molecule has 5 rings (SSSR count). The molecular weight excluding hydrogens is 408 g/mol. The van der Waals surface area contributed by atoms with Gasteiger partial charge in [-0.3, -0.25) is 4.79 Å². The molecule has 0 atom stereocenters. The van der Waals surface area contributed by atoms with Crippen LogP contribution in [0, 0.1) is 0 Å². The third-order valence-corrected chi connectivity index (χ3v) is 6.47. The lowest BCUT2D eigenvalue weighted by molar-refractivity contribution is -0.674. The number of ether oxygens (including phenoxy) is 1. The molecule has 0 saturated carbocycles. The van der Waals surface area contributed by atoms with Crippen molar-refractivity contribution in [3.05, 3.63) is 82.4 Å². The van der Waals surface area contributed by atoms with E-state index in [4.69, 9.17) is 9.15 Å². The van der Waals surface area contributed by atoms with Crippen molar-refractivity contribution in [1.29, 1.82) is 0 Å². The summed E-state index contributed by atoms with van der Waals surface area (Å²) < 4.78 is 14.2. The number of Topliss-reactive ketones (excluding diaryl/α,β-unsaturated/α-hetero) is 1. The Hall–Kier alpha value is -3.25. The number of thioether (sulfide) groups is 1. The number of allylic oxidation sites excluding steroid dienone is 3. The van der Waals surface area contributed by atoms with Crippen LogP contribution >= 0.6 is 11.8 Å². The Kier molecular flexibility index (Phi) is 4.94. The second-order valence-electron chi connectivity index (χ2n) is 7.28. The molecule has 1 aliphatic heterocycles. The Labute approximate surface area is 185 Å². The molecule has 2 aromatic carbocycles. The summed E-state index contributed by atoms with van der Waals surface area (Å²) >= 11 is 1.57. The van der Waals surface area contributed by atoms with Crippen LogP contribution in [0.25, 0.3) is 17.2 Å². The molecular formula is C25H23N2O3S+. The summed E-state index contributed by atoms with van der Waals surface area (Å²) in [6.07, 6.45) is 5.71. The molecule has 31 heavy (non-hydrogen) atoms. The molecule has 6 heteroatoms. The number of oxazole rings is 1. The average Bonchev–Trinajstić information content (AvgIpc) is 3.34. The second kappa shape index (κ2) is 7.78. The van der Waals surface area contributed by atoms with Gasteiger partial charge >= 0.3 is 5.89 Å². The Morgan fingerprint density at radius 2 is 1.84 bits per heavy atom. The SMILES string of the molecule is CCN1C(=CC2=C(SC)C(=Cc3oc4ccccc4[n+]3CC)C2=O)Oc2ccccc21. The van der Waals surface area contributed by atoms with E-state index in [1.54, 1.807) is 11.8 Å². The predicted octanol–water partition coefficient (Wildman–Crippen LogP) is 5.08. The number of fused-ring (bicyclic) bond motifs is 2. The number of aryl methyl sites for hydroxylation is 1. The first-order valence-corrected chi connectivity index (χ1v) is 11.6. The fraction of sp³-hybridized carbons (Fsp3) is 0.200. The molecule has 5 nitrogen and oxygen atoms in total. The van der Waals surface area contributed by atoms with Gasteiger partial charge in [0.2, 0.25) is 11.5 Å². The van der Waals surface area contributed by atoms with E-state index in [0.717, 1.165) is 40.5 Å². The molecule has 0 saturated heterocycles.